The molecule has 0 amide bonds. The molecule has 1 heterocycles. The fourth-order valence-electron chi connectivity index (χ4n) is 0.997. The van der Waals surface area contributed by atoms with Crippen molar-refractivity contribution in [3.8, 4) is 0 Å². The first kappa shape index (κ1) is 8.22. The van der Waals surface area contributed by atoms with E-state index in [1.54, 1.807) is 7.05 Å². The molecule has 64 valence electrons. The molecule has 0 spiro atoms. The average molecular weight is 161 g/mol. The quantitative estimate of drug-likeness (QED) is 0.427. The maximum absolute atomic E-state index is 10.2. The van der Waals surface area contributed by atoms with Gasteiger partial charge >= 0.3 is 0 Å². The summed E-state index contributed by atoms with van der Waals surface area (Å²) in [6.45, 7) is 1.12. The number of rotatable bonds is 3. The maximum atomic E-state index is 10.2. The summed E-state index contributed by atoms with van der Waals surface area (Å²) in [5.41, 5.74) is 0. The van der Waals surface area contributed by atoms with Gasteiger partial charge in [-0.25, -0.2) is 10.1 Å². The van der Waals surface area contributed by atoms with Crippen LogP contribution in [0, 0.1) is 10.1 Å². The largest absolute Gasteiger partial charge is 0.349 e. The molecule has 0 aromatic carbocycles. The molecule has 0 aromatic rings. The summed E-state index contributed by atoms with van der Waals surface area (Å²) in [5.74, 6) is 0. The molecule has 0 unspecified atom stereocenters. The second-order valence-electron chi connectivity index (χ2n) is 2.40. The highest BCUT2D eigenvalue weighted by Gasteiger charge is 2.28. The second-order valence-corrected chi connectivity index (χ2v) is 2.40. The molecule has 0 radical (unpaired) electrons. The number of hydrazine groups is 1. The lowest BCUT2D eigenvalue weighted by Crippen LogP contribution is -2.31. The van der Waals surface area contributed by atoms with Gasteiger partial charge in [-0.15, -0.1) is 5.01 Å². The number of nitrogens with one attached hydrogen (secondary N) is 1. The molecule has 6 heteroatoms. The van der Waals surface area contributed by atoms with Crippen molar-refractivity contribution < 1.29 is 9.77 Å². The second kappa shape index (κ2) is 3.49. The van der Waals surface area contributed by atoms with Gasteiger partial charge in [-0.05, 0) is 7.05 Å². The van der Waals surface area contributed by atoms with Crippen LogP contribution < -0.4 is 5.32 Å². The molecule has 0 saturated carbocycles. The van der Waals surface area contributed by atoms with Crippen molar-refractivity contribution in [1.82, 2.24) is 10.3 Å². The molecule has 1 aliphatic rings. The minimum atomic E-state index is -0.435. The van der Waals surface area contributed by atoms with Crippen LogP contribution in [-0.4, -0.2) is 43.0 Å². The van der Waals surface area contributed by atoms with E-state index in [-0.39, 0.29) is 12.8 Å². The number of hydrogen-bond acceptors (Lipinski definition) is 4. The molecule has 11 heavy (non-hydrogen) atoms. The zero-order valence-electron chi connectivity index (χ0n) is 6.32. The van der Waals surface area contributed by atoms with Crippen LogP contribution in [-0.2, 0) is 4.74 Å². The highest BCUT2D eigenvalue weighted by atomic mass is 16.7. The van der Waals surface area contributed by atoms with E-state index in [0.29, 0.717) is 13.1 Å². The van der Waals surface area contributed by atoms with Gasteiger partial charge in [0.25, 0.3) is 0 Å². The predicted octanol–water partition coefficient (Wildman–Crippen LogP) is -0.944. The number of nitro groups is 1. The predicted molar refractivity (Wildman–Crippen MR) is 37.4 cm³/mol. The van der Waals surface area contributed by atoms with E-state index < -0.39 is 5.03 Å². The Hall–Kier alpha value is -0.880. The Bertz CT molecular complexity index is 152. The van der Waals surface area contributed by atoms with Gasteiger partial charge in [0, 0.05) is 6.54 Å². The molecule has 1 rings (SSSR count). The van der Waals surface area contributed by atoms with Crippen molar-refractivity contribution in [2.75, 3.05) is 26.9 Å². The molecular weight excluding hydrogens is 150 g/mol. The highest BCUT2D eigenvalue weighted by Crippen LogP contribution is 2.06. The van der Waals surface area contributed by atoms with E-state index >= 15 is 0 Å². The summed E-state index contributed by atoms with van der Waals surface area (Å²) in [7, 11) is 1.79. The fraction of sp³-hybridized carbons (Fsp3) is 1.00. The lowest BCUT2D eigenvalue weighted by atomic mass is 10.4. The van der Waals surface area contributed by atoms with Gasteiger partial charge in [0.2, 0.25) is 0 Å². The molecule has 0 bridgehead atoms. The molecular formula is C5H11N3O3. The van der Waals surface area contributed by atoms with E-state index in [0.717, 1.165) is 5.01 Å². The molecule has 1 N–H and O–H groups in total. The van der Waals surface area contributed by atoms with Crippen LogP contribution in [0.15, 0.2) is 0 Å². The van der Waals surface area contributed by atoms with Crippen LogP contribution in [0.25, 0.3) is 0 Å². The number of likely N-dealkylation sites (N-methyl/N-ethyl adjacent to an activating group) is 1. The number of nitrogens with zero attached hydrogens (tertiary/aromatic N) is 2. The summed E-state index contributed by atoms with van der Waals surface area (Å²) < 4.78 is 5.09. The monoisotopic (exact) mass is 161 g/mol. The van der Waals surface area contributed by atoms with Crippen molar-refractivity contribution in [2.45, 2.75) is 6.10 Å². The Balaban J connectivity index is 2.29. The topological polar surface area (TPSA) is 67.6 Å². The van der Waals surface area contributed by atoms with Crippen molar-refractivity contribution in [3.63, 3.8) is 0 Å². The van der Waals surface area contributed by atoms with Crippen LogP contribution in [0.5, 0.6) is 0 Å². The first-order valence-electron chi connectivity index (χ1n) is 3.39. The van der Waals surface area contributed by atoms with Crippen LogP contribution in [0.4, 0.5) is 0 Å². The van der Waals surface area contributed by atoms with Crippen LogP contribution in [0.1, 0.15) is 0 Å². The highest BCUT2D eigenvalue weighted by molar-refractivity contribution is 4.66. The van der Waals surface area contributed by atoms with Crippen molar-refractivity contribution >= 4 is 0 Å². The van der Waals surface area contributed by atoms with Gasteiger partial charge in [0.05, 0.1) is 6.10 Å². The molecule has 1 fully saturated rings. The van der Waals surface area contributed by atoms with Crippen molar-refractivity contribution in [1.29, 1.82) is 0 Å². The molecule has 1 atom stereocenters. The van der Waals surface area contributed by atoms with Crippen LogP contribution in [0.3, 0.4) is 0 Å². The third kappa shape index (κ3) is 2.02. The third-order valence-electron chi connectivity index (χ3n) is 1.54. The Kier molecular flexibility index (Phi) is 2.61. The Morgan fingerprint density at radius 2 is 2.64 bits per heavy atom. The van der Waals surface area contributed by atoms with E-state index in [9.17, 15) is 10.1 Å². The summed E-state index contributed by atoms with van der Waals surface area (Å²) in [5, 5.41) is 13.7. The third-order valence-corrected chi connectivity index (χ3v) is 1.54. The van der Waals surface area contributed by atoms with Gasteiger partial charge in [-0.3, -0.25) is 0 Å². The Morgan fingerprint density at radius 1 is 1.91 bits per heavy atom. The van der Waals surface area contributed by atoms with Gasteiger partial charge in [0.15, 0.2) is 11.8 Å². The number of hydrogen-bond donors (Lipinski definition) is 1. The maximum Gasteiger partial charge on any atom is 0.177 e. The molecule has 1 aliphatic heterocycles. The molecule has 6 nitrogen and oxygen atoms in total. The van der Waals surface area contributed by atoms with E-state index in [1.807, 2.05) is 0 Å². The van der Waals surface area contributed by atoms with Gasteiger partial charge < -0.3 is 10.1 Å². The number of ether oxygens (including phenoxy) is 1. The Morgan fingerprint density at radius 3 is 3.09 bits per heavy atom. The summed E-state index contributed by atoms with van der Waals surface area (Å²) in [6.07, 6.45) is -0.0506. The average Bonchev–Trinajstić information content (AvgIpc) is 2.37. The minimum Gasteiger partial charge on any atom is -0.349 e. The summed E-state index contributed by atoms with van der Waals surface area (Å²) >= 11 is 0. The van der Waals surface area contributed by atoms with Gasteiger partial charge in [-0.1, -0.05) is 0 Å². The van der Waals surface area contributed by atoms with Gasteiger partial charge in [-0.2, -0.15) is 0 Å². The van der Waals surface area contributed by atoms with E-state index in [4.69, 9.17) is 4.74 Å². The standard InChI is InChI=1S/C5H11N3O3/c1-6-2-5-3-7(4-11-5)8(9)10/h5-6H,2-4H2,1H3/t5-/m1/s1. The fourth-order valence-corrected chi connectivity index (χ4v) is 0.997. The van der Waals surface area contributed by atoms with Crippen LogP contribution in [0.2, 0.25) is 0 Å². The SMILES string of the molecule is CNC[C@@H]1CN([N+](=O)[O-])CO1. The van der Waals surface area contributed by atoms with Crippen molar-refractivity contribution in [2.24, 2.45) is 0 Å². The summed E-state index contributed by atoms with van der Waals surface area (Å²) in [4.78, 5) is 10.2. The molecule has 0 aromatic heterocycles. The first-order valence-corrected chi connectivity index (χ1v) is 3.39. The molecule has 0 aliphatic carbocycles. The van der Waals surface area contributed by atoms with Gasteiger partial charge in [0.1, 0.15) is 6.54 Å². The smallest absolute Gasteiger partial charge is 0.177 e. The minimum absolute atomic E-state index is 0.0506. The Labute approximate surface area is 64.2 Å². The first-order chi connectivity index (χ1) is 5.24. The zero-order chi connectivity index (χ0) is 8.27. The molecule has 1 saturated heterocycles. The lowest BCUT2D eigenvalue weighted by molar-refractivity contribution is -0.654. The van der Waals surface area contributed by atoms with Crippen LogP contribution >= 0.6 is 0 Å². The van der Waals surface area contributed by atoms with E-state index in [1.165, 1.54) is 0 Å². The normalized spacial score (nSPS) is 24.1. The lowest BCUT2D eigenvalue weighted by Gasteiger charge is -2.04. The zero-order valence-corrected chi connectivity index (χ0v) is 6.32. The van der Waals surface area contributed by atoms with Crippen molar-refractivity contribution in [3.05, 3.63) is 10.1 Å². The van der Waals surface area contributed by atoms with E-state index in [2.05, 4.69) is 5.32 Å². The summed E-state index contributed by atoms with van der Waals surface area (Å²) in [6, 6.07) is 0.